The van der Waals surface area contributed by atoms with Crippen LogP contribution in [-0.4, -0.2) is 9.04 Å². The fraction of sp³-hybridized carbons (Fsp3) is 0.714. The molecule has 0 aliphatic heterocycles. The fourth-order valence-corrected chi connectivity index (χ4v) is 1.05. The lowest BCUT2D eigenvalue weighted by Gasteiger charge is -2.23. The van der Waals surface area contributed by atoms with E-state index in [4.69, 9.17) is 4.43 Å². The molecule has 2 heteroatoms. The van der Waals surface area contributed by atoms with E-state index in [-0.39, 0.29) is 0 Å². The Morgan fingerprint density at radius 3 is 2.00 bits per heavy atom. The Bertz CT molecular complexity index is 93.6. The molecule has 0 aliphatic rings. The van der Waals surface area contributed by atoms with Crippen molar-refractivity contribution in [1.29, 1.82) is 0 Å². The second-order valence-electron chi connectivity index (χ2n) is 3.31. The van der Waals surface area contributed by atoms with Crippen molar-refractivity contribution in [3.8, 4) is 0 Å². The Balaban J connectivity index is 3.72. The molecule has 9 heavy (non-hydrogen) atoms. The van der Waals surface area contributed by atoms with Crippen LogP contribution in [0.5, 0.6) is 0 Å². The van der Waals surface area contributed by atoms with Gasteiger partial charge in [-0.1, -0.05) is 27.4 Å². The molecule has 0 aromatic carbocycles. The van der Waals surface area contributed by atoms with Crippen LogP contribution in [0.25, 0.3) is 0 Å². The SMILES string of the molecule is C=CO[SiH](C)C(C)(C)C. The Hall–Kier alpha value is -0.243. The zero-order chi connectivity index (χ0) is 7.49. The molecule has 0 rings (SSSR count). The van der Waals surface area contributed by atoms with E-state index in [1.807, 2.05) is 0 Å². The van der Waals surface area contributed by atoms with Crippen LogP contribution >= 0.6 is 0 Å². The van der Waals surface area contributed by atoms with Crippen molar-refractivity contribution in [3.05, 3.63) is 12.8 Å². The monoisotopic (exact) mass is 144 g/mol. The lowest BCUT2D eigenvalue weighted by molar-refractivity contribution is 0.458. The molecule has 0 N–H and O–H groups in total. The van der Waals surface area contributed by atoms with E-state index in [0.29, 0.717) is 5.04 Å². The molecule has 0 amide bonds. The topological polar surface area (TPSA) is 9.23 Å². The van der Waals surface area contributed by atoms with E-state index in [2.05, 4.69) is 33.9 Å². The summed E-state index contributed by atoms with van der Waals surface area (Å²) in [5.41, 5.74) is 0. The van der Waals surface area contributed by atoms with Gasteiger partial charge in [0.25, 0.3) is 0 Å². The summed E-state index contributed by atoms with van der Waals surface area (Å²) in [6.07, 6.45) is 1.56. The van der Waals surface area contributed by atoms with Crippen molar-refractivity contribution in [2.45, 2.75) is 32.4 Å². The summed E-state index contributed by atoms with van der Waals surface area (Å²) in [7, 11) is -1.01. The fourth-order valence-electron chi connectivity index (χ4n) is 0.348. The van der Waals surface area contributed by atoms with Gasteiger partial charge in [-0.3, -0.25) is 0 Å². The molecular formula is C7H16OSi. The first-order valence-electron chi connectivity index (χ1n) is 3.25. The van der Waals surface area contributed by atoms with Gasteiger partial charge >= 0.3 is 0 Å². The van der Waals surface area contributed by atoms with Crippen LogP contribution in [0.4, 0.5) is 0 Å². The van der Waals surface area contributed by atoms with Crippen LogP contribution < -0.4 is 0 Å². The first-order chi connectivity index (χ1) is 3.98. The van der Waals surface area contributed by atoms with Gasteiger partial charge in [0.05, 0.1) is 6.26 Å². The molecule has 0 bridgehead atoms. The van der Waals surface area contributed by atoms with Gasteiger partial charge in [0.15, 0.2) is 0 Å². The average Bonchev–Trinajstić information content (AvgIpc) is 1.64. The van der Waals surface area contributed by atoms with Crippen molar-refractivity contribution >= 4 is 9.04 Å². The predicted octanol–water partition coefficient (Wildman–Crippen LogP) is 2.30. The van der Waals surface area contributed by atoms with Crippen molar-refractivity contribution in [2.75, 3.05) is 0 Å². The van der Waals surface area contributed by atoms with Gasteiger partial charge < -0.3 is 4.43 Å². The molecule has 1 atom stereocenters. The van der Waals surface area contributed by atoms with Crippen molar-refractivity contribution in [1.82, 2.24) is 0 Å². The first-order valence-corrected chi connectivity index (χ1v) is 5.45. The van der Waals surface area contributed by atoms with Gasteiger partial charge in [-0.25, -0.2) is 0 Å². The second kappa shape index (κ2) is 3.06. The lowest BCUT2D eigenvalue weighted by atomic mass is 10.3. The van der Waals surface area contributed by atoms with Gasteiger partial charge in [-0.2, -0.15) is 0 Å². The van der Waals surface area contributed by atoms with E-state index < -0.39 is 9.04 Å². The third-order valence-electron chi connectivity index (χ3n) is 1.52. The van der Waals surface area contributed by atoms with Gasteiger partial charge in [-0.15, -0.1) is 0 Å². The van der Waals surface area contributed by atoms with Crippen LogP contribution in [0.1, 0.15) is 20.8 Å². The molecule has 0 aliphatic carbocycles. The van der Waals surface area contributed by atoms with Gasteiger partial charge in [0, 0.05) is 0 Å². The van der Waals surface area contributed by atoms with Crippen LogP contribution in [0.15, 0.2) is 12.8 Å². The maximum atomic E-state index is 5.31. The summed E-state index contributed by atoms with van der Waals surface area (Å²) >= 11 is 0. The Kier molecular flexibility index (Phi) is 2.98. The lowest BCUT2D eigenvalue weighted by Crippen LogP contribution is -2.23. The first kappa shape index (κ1) is 8.76. The van der Waals surface area contributed by atoms with E-state index in [0.717, 1.165) is 0 Å². The Morgan fingerprint density at radius 1 is 1.44 bits per heavy atom. The van der Waals surface area contributed by atoms with Crippen LogP contribution in [0, 0.1) is 0 Å². The highest BCUT2D eigenvalue weighted by molar-refractivity contribution is 6.53. The summed E-state index contributed by atoms with van der Waals surface area (Å²) in [6, 6.07) is 0. The summed E-state index contributed by atoms with van der Waals surface area (Å²) in [4.78, 5) is 0. The molecule has 0 aromatic heterocycles. The minimum Gasteiger partial charge on any atom is -0.552 e. The van der Waals surface area contributed by atoms with Crippen molar-refractivity contribution in [3.63, 3.8) is 0 Å². The Morgan fingerprint density at radius 2 is 1.89 bits per heavy atom. The summed E-state index contributed by atoms with van der Waals surface area (Å²) in [5, 5.41) is 0.355. The molecule has 0 aromatic rings. The molecule has 54 valence electrons. The van der Waals surface area contributed by atoms with Gasteiger partial charge in [0.1, 0.15) is 0 Å². The number of rotatable bonds is 2. The Labute approximate surface area is 59.5 Å². The standard InChI is InChI=1S/C7H16OSi/c1-6-8-9(5)7(2,3)4/h6,9H,1H2,2-5H3. The molecule has 1 unspecified atom stereocenters. The summed E-state index contributed by atoms with van der Waals surface area (Å²) in [6.45, 7) is 12.3. The van der Waals surface area contributed by atoms with E-state index in [1.54, 1.807) is 6.26 Å². The second-order valence-corrected chi connectivity index (χ2v) is 6.60. The molecule has 0 heterocycles. The minimum atomic E-state index is -1.01. The molecular weight excluding hydrogens is 128 g/mol. The van der Waals surface area contributed by atoms with Gasteiger partial charge in [0.2, 0.25) is 9.04 Å². The zero-order valence-electron chi connectivity index (χ0n) is 6.77. The highest BCUT2D eigenvalue weighted by Gasteiger charge is 2.22. The van der Waals surface area contributed by atoms with Crippen molar-refractivity contribution in [2.24, 2.45) is 0 Å². The maximum absolute atomic E-state index is 5.31. The molecule has 0 spiro atoms. The smallest absolute Gasteiger partial charge is 0.236 e. The maximum Gasteiger partial charge on any atom is 0.236 e. The van der Waals surface area contributed by atoms with Crippen molar-refractivity contribution < 1.29 is 4.43 Å². The molecule has 0 fully saturated rings. The number of hydrogen-bond donors (Lipinski definition) is 0. The highest BCUT2D eigenvalue weighted by Crippen LogP contribution is 2.26. The van der Waals surface area contributed by atoms with Crippen LogP contribution in [0.3, 0.4) is 0 Å². The molecule has 1 nitrogen and oxygen atoms in total. The van der Waals surface area contributed by atoms with Crippen LogP contribution in [0.2, 0.25) is 11.6 Å². The van der Waals surface area contributed by atoms with Crippen LogP contribution in [-0.2, 0) is 4.43 Å². The largest absolute Gasteiger partial charge is 0.552 e. The van der Waals surface area contributed by atoms with E-state index >= 15 is 0 Å². The summed E-state index contributed by atoms with van der Waals surface area (Å²) in [5.74, 6) is 0. The average molecular weight is 144 g/mol. The zero-order valence-corrected chi connectivity index (χ0v) is 7.92. The summed E-state index contributed by atoms with van der Waals surface area (Å²) < 4.78 is 5.31. The third-order valence-corrected chi connectivity index (χ3v) is 4.56. The normalized spacial score (nSPS) is 14.7. The van der Waals surface area contributed by atoms with Gasteiger partial charge in [-0.05, 0) is 11.6 Å². The molecule has 0 saturated heterocycles. The predicted molar refractivity (Wildman–Crippen MR) is 44.0 cm³/mol. The number of hydrogen-bond acceptors (Lipinski definition) is 1. The minimum absolute atomic E-state index is 0.355. The molecule has 0 radical (unpaired) electrons. The van der Waals surface area contributed by atoms with E-state index in [1.165, 1.54) is 0 Å². The quantitative estimate of drug-likeness (QED) is 0.427. The third kappa shape index (κ3) is 3.35. The van der Waals surface area contributed by atoms with E-state index in [9.17, 15) is 0 Å². The molecule has 0 saturated carbocycles. The highest BCUT2D eigenvalue weighted by atomic mass is 28.3.